The molecule has 1 aliphatic rings. The Balaban J connectivity index is 1.91. The predicted octanol–water partition coefficient (Wildman–Crippen LogP) is 1.89. The second kappa shape index (κ2) is 4.97. The van der Waals surface area contributed by atoms with Crippen LogP contribution in [0.25, 0.3) is 0 Å². The van der Waals surface area contributed by atoms with Gasteiger partial charge in [-0.1, -0.05) is 18.2 Å². The van der Waals surface area contributed by atoms with Crippen LogP contribution in [0.3, 0.4) is 0 Å². The summed E-state index contributed by atoms with van der Waals surface area (Å²) in [5, 5.41) is 0. The van der Waals surface area contributed by atoms with Crippen LogP contribution >= 0.6 is 0 Å². The van der Waals surface area contributed by atoms with E-state index in [1.807, 2.05) is 31.2 Å². The van der Waals surface area contributed by atoms with E-state index in [0.717, 1.165) is 23.7 Å². The van der Waals surface area contributed by atoms with Gasteiger partial charge < -0.3 is 10.5 Å². The number of rotatable bonds is 3. The van der Waals surface area contributed by atoms with E-state index in [1.165, 1.54) is 5.56 Å². The summed E-state index contributed by atoms with van der Waals surface area (Å²) in [5.41, 5.74) is 7.98. The molecule has 3 rings (SSSR count). The molecule has 2 N–H and O–H groups in total. The average molecular weight is 255 g/mol. The normalized spacial score (nSPS) is 18.7. The number of hydrogen-bond acceptors (Lipinski definition) is 4. The molecule has 0 saturated carbocycles. The van der Waals surface area contributed by atoms with Gasteiger partial charge in [-0.25, -0.2) is 9.97 Å². The molecule has 2 heterocycles. The van der Waals surface area contributed by atoms with Gasteiger partial charge in [0.15, 0.2) is 0 Å². The van der Waals surface area contributed by atoms with Crippen LogP contribution < -0.4 is 10.5 Å². The number of nitrogens with zero attached hydrogens (tertiary/aromatic N) is 2. The maximum atomic E-state index is 5.82. The van der Waals surface area contributed by atoms with Crippen LogP contribution in [0.2, 0.25) is 0 Å². The van der Waals surface area contributed by atoms with Crippen molar-refractivity contribution in [2.24, 2.45) is 5.73 Å². The minimum absolute atomic E-state index is 0.106. The van der Waals surface area contributed by atoms with Crippen LogP contribution in [0.15, 0.2) is 36.5 Å². The zero-order valence-corrected chi connectivity index (χ0v) is 10.9. The number of benzene rings is 1. The van der Waals surface area contributed by atoms with Crippen LogP contribution in [-0.4, -0.2) is 22.6 Å². The molecule has 1 aliphatic heterocycles. The summed E-state index contributed by atoms with van der Waals surface area (Å²) in [7, 11) is 0. The molecule has 0 amide bonds. The first-order valence-corrected chi connectivity index (χ1v) is 6.53. The molecule has 0 spiro atoms. The fraction of sp³-hybridized carbons (Fsp3) is 0.333. The second-order valence-corrected chi connectivity index (χ2v) is 4.99. The van der Waals surface area contributed by atoms with Gasteiger partial charge in [0.2, 0.25) is 0 Å². The fourth-order valence-corrected chi connectivity index (χ4v) is 2.40. The highest BCUT2D eigenvalue weighted by Crippen LogP contribution is 2.36. The van der Waals surface area contributed by atoms with Crippen LogP contribution in [0, 0.1) is 0 Å². The van der Waals surface area contributed by atoms with Crippen molar-refractivity contribution < 1.29 is 4.74 Å². The summed E-state index contributed by atoms with van der Waals surface area (Å²) in [6.07, 6.45) is 2.58. The van der Waals surface area contributed by atoms with Gasteiger partial charge in [0.25, 0.3) is 0 Å². The number of aromatic nitrogens is 2. The van der Waals surface area contributed by atoms with Crippen molar-refractivity contribution in [3.05, 3.63) is 53.6 Å². The third-order valence-corrected chi connectivity index (χ3v) is 3.27. The molecular weight excluding hydrogens is 238 g/mol. The molecular formula is C15H17N3O. The van der Waals surface area contributed by atoms with E-state index in [9.17, 15) is 0 Å². The Kier molecular flexibility index (Phi) is 3.17. The highest BCUT2D eigenvalue weighted by molar-refractivity contribution is 5.42. The van der Waals surface area contributed by atoms with E-state index in [4.69, 9.17) is 10.5 Å². The zero-order chi connectivity index (χ0) is 13.2. The standard InChI is InChI=1S/C15H17N3O/c1-10(16)8-11-6-7-17-15(18-11)13-9-19-14-5-3-2-4-12(13)14/h2-7,10,13H,8-9,16H2,1H3. The minimum atomic E-state index is 0.106. The van der Waals surface area contributed by atoms with Gasteiger partial charge in [-0.15, -0.1) is 0 Å². The van der Waals surface area contributed by atoms with Crippen LogP contribution in [0.5, 0.6) is 5.75 Å². The van der Waals surface area contributed by atoms with Crippen molar-refractivity contribution in [3.8, 4) is 5.75 Å². The molecule has 1 aromatic carbocycles. The number of para-hydroxylation sites is 1. The van der Waals surface area contributed by atoms with Crippen LogP contribution in [0.1, 0.15) is 29.9 Å². The number of fused-ring (bicyclic) bond motifs is 1. The Labute approximate surface area is 112 Å². The van der Waals surface area contributed by atoms with E-state index in [0.29, 0.717) is 6.61 Å². The average Bonchev–Trinajstić information content (AvgIpc) is 2.82. The van der Waals surface area contributed by atoms with Crippen molar-refractivity contribution in [1.29, 1.82) is 0 Å². The van der Waals surface area contributed by atoms with Crippen LogP contribution in [-0.2, 0) is 6.42 Å². The van der Waals surface area contributed by atoms with Crippen molar-refractivity contribution in [2.45, 2.75) is 25.3 Å². The van der Waals surface area contributed by atoms with Gasteiger partial charge >= 0.3 is 0 Å². The Hall–Kier alpha value is -1.94. The Bertz CT molecular complexity index is 583. The highest BCUT2D eigenvalue weighted by Gasteiger charge is 2.27. The Morgan fingerprint density at radius 3 is 3.05 bits per heavy atom. The van der Waals surface area contributed by atoms with E-state index >= 15 is 0 Å². The van der Waals surface area contributed by atoms with Crippen molar-refractivity contribution in [2.75, 3.05) is 6.61 Å². The molecule has 2 atom stereocenters. The molecule has 4 heteroatoms. The SMILES string of the molecule is CC(N)Cc1ccnc(C2COc3ccccc32)n1. The van der Waals surface area contributed by atoms with E-state index in [2.05, 4.69) is 16.0 Å². The lowest BCUT2D eigenvalue weighted by molar-refractivity contribution is 0.339. The lowest BCUT2D eigenvalue weighted by Gasteiger charge is -2.10. The summed E-state index contributed by atoms with van der Waals surface area (Å²) in [6.45, 7) is 2.59. The fourth-order valence-electron chi connectivity index (χ4n) is 2.40. The quantitative estimate of drug-likeness (QED) is 0.909. The first-order chi connectivity index (χ1) is 9.24. The summed E-state index contributed by atoms with van der Waals surface area (Å²) in [4.78, 5) is 9.02. The molecule has 0 aliphatic carbocycles. The van der Waals surface area contributed by atoms with Gasteiger partial charge in [0, 0.05) is 29.9 Å². The summed E-state index contributed by atoms with van der Waals surface area (Å²) in [5.74, 6) is 1.89. The van der Waals surface area contributed by atoms with Crippen molar-refractivity contribution >= 4 is 0 Å². The Morgan fingerprint density at radius 2 is 2.21 bits per heavy atom. The van der Waals surface area contributed by atoms with E-state index in [1.54, 1.807) is 6.20 Å². The number of nitrogens with two attached hydrogens (primary N) is 1. The minimum Gasteiger partial charge on any atom is -0.492 e. The lowest BCUT2D eigenvalue weighted by atomic mass is 10.0. The first-order valence-electron chi connectivity index (χ1n) is 6.53. The van der Waals surface area contributed by atoms with Crippen molar-refractivity contribution in [1.82, 2.24) is 9.97 Å². The smallest absolute Gasteiger partial charge is 0.139 e. The molecule has 0 bridgehead atoms. The van der Waals surface area contributed by atoms with Crippen molar-refractivity contribution in [3.63, 3.8) is 0 Å². The molecule has 0 saturated heterocycles. The highest BCUT2D eigenvalue weighted by atomic mass is 16.5. The van der Waals surface area contributed by atoms with Gasteiger partial charge in [0.05, 0.1) is 5.92 Å². The predicted molar refractivity (Wildman–Crippen MR) is 73.2 cm³/mol. The Morgan fingerprint density at radius 1 is 1.37 bits per heavy atom. The third-order valence-electron chi connectivity index (χ3n) is 3.27. The maximum absolute atomic E-state index is 5.82. The van der Waals surface area contributed by atoms with E-state index < -0.39 is 0 Å². The number of hydrogen-bond donors (Lipinski definition) is 1. The second-order valence-electron chi connectivity index (χ2n) is 4.99. The molecule has 1 aromatic heterocycles. The lowest BCUT2D eigenvalue weighted by Crippen LogP contribution is -2.19. The first kappa shape index (κ1) is 12.1. The van der Waals surface area contributed by atoms with Gasteiger partial charge in [-0.2, -0.15) is 0 Å². The topological polar surface area (TPSA) is 61.0 Å². The molecule has 0 radical (unpaired) electrons. The third kappa shape index (κ3) is 2.44. The molecule has 0 fully saturated rings. The van der Waals surface area contributed by atoms with E-state index in [-0.39, 0.29) is 12.0 Å². The monoisotopic (exact) mass is 255 g/mol. The molecule has 98 valence electrons. The molecule has 19 heavy (non-hydrogen) atoms. The summed E-state index contributed by atoms with van der Waals surface area (Å²) >= 11 is 0. The molecule has 4 nitrogen and oxygen atoms in total. The maximum Gasteiger partial charge on any atom is 0.139 e. The molecule has 2 unspecified atom stereocenters. The van der Waals surface area contributed by atoms with Gasteiger partial charge in [0.1, 0.15) is 18.2 Å². The number of ether oxygens (including phenoxy) is 1. The zero-order valence-electron chi connectivity index (χ0n) is 10.9. The molecule has 2 aromatic rings. The largest absolute Gasteiger partial charge is 0.492 e. The summed E-state index contributed by atoms with van der Waals surface area (Å²) < 4.78 is 5.68. The van der Waals surface area contributed by atoms with Crippen LogP contribution in [0.4, 0.5) is 0 Å². The summed E-state index contributed by atoms with van der Waals surface area (Å²) in [6, 6.07) is 10.1. The van der Waals surface area contributed by atoms with Gasteiger partial charge in [-0.3, -0.25) is 0 Å². The van der Waals surface area contributed by atoms with Gasteiger partial charge in [-0.05, 0) is 19.1 Å².